The molecule has 0 aliphatic carbocycles. The van der Waals surface area contributed by atoms with Crippen LogP contribution in [0.15, 0.2) is 58.1 Å². The average molecular weight is 346 g/mol. The lowest BCUT2D eigenvalue weighted by molar-refractivity contribution is -0.139. The number of rotatable bonds is 5. The smallest absolute Gasteiger partial charge is 0.338 e. The maximum atomic E-state index is 12.5. The minimum absolute atomic E-state index is 0.0255. The summed E-state index contributed by atoms with van der Waals surface area (Å²) in [5.74, 6) is -1.11. The van der Waals surface area contributed by atoms with Crippen molar-refractivity contribution in [2.75, 3.05) is 12.5 Å². The van der Waals surface area contributed by atoms with E-state index in [2.05, 4.69) is 11.1 Å². The van der Waals surface area contributed by atoms with E-state index in [0.717, 1.165) is 11.9 Å². The van der Waals surface area contributed by atoms with Crippen molar-refractivity contribution in [2.45, 2.75) is 12.8 Å². The Balaban J connectivity index is 2.69. The lowest BCUT2D eigenvalue weighted by Crippen LogP contribution is -2.24. The number of carbonyl (C=O) groups is 1. The number of alkyl halides is 1. The average Bonchev–Trinajstić information content (AvgIpc) is 2.61. The molecule has 0 saturated heterocycles. The second-order valence-electron chi connectivity index (χ2n) is 4.75. The van der Waals surface area contributed by atoms with Gasteiger partial charge in [0.2, 0.25) is 5.88 Å². The quantitative estimate of drug-likeness (QED) is 0.383. The van der Waals surface area contributed by atoms with E-state index in [0.29, 0.717) is 0 Å². The van der Waals surface area contributed by atoms with Gasteiger partial charge >= 0.3 is 5.97 Å². The number of allylic oxidation sites excluding steroid dienone is 2. The van der Waals surface area contributed by atoms with Crippen molar-refractivity contribution >= 4 is 23.9 Å². The van der Waals surface area contributed by atoms with Crippen molar-refractivity contribution in [1.29, 1.82) is 5.26 Å². The molecule has 1 atom stereocenters. The highest BCUT2D eigenvalue weighted by molar-refractivity contribution is 6.19. The Morgan fingerprint density at radius 3 is 2.75 bits per heavy atom. The molecule has 7 heteroatoms. The van der Waals surface area contributed by atoms with Gasteiger partial charge in [0.15, 0.2) is 0 Å². The Hall–Kier alpha value is -2.78. The first-order valence-electron chi connectivity index (χ1n) is 7.25. The van der Waals surface area contributed by atoms with Gasteiger partial charge < -0.3 is 15.2 Å². The molecule has 0 aromatic heterocycles. The Kier molecular flexibility index (Phi) is 5.99. The molecule has 124 valence electrons. The van der Waals surface area contributed by atoms with Crippen molar-refractivity contribution in [2.24, 2.45) is 10.7 Å². The summed E-state index contributed by atoms with van der Waals surface area (Å²) in [5, 5.41) is 9.60. The lowest BCUT2D eigenvalue weighted by Gasteiger charge is -2.27. The Labute approximate surface area is 144 Å². The molecule has 0 amide bonds. The first-order chi connectivity index (χ1) is 11.7. The molecule has 0 spiro atoms. The normalized spacial score (nSPS) is 17.6. The van der Waals surface area contributed by atoms with E-state index in [4.69, 9.17) is 26.8 Å². The zero-order valence-corrected chi connectivity index (χ0v) is 13.8. The van der Waals surface area contributed by atoms with Crippen molar-refractivity contribution in [3.8, 4) is 6.07 Å². The maximum Gasteiger partial charge on any atom is 0.338 e. The van der Waals surface area contributed by atoms with Gasteiger partial charge in [-0.15, -0.1) is 11.6 Å². The van der Waals surface area contributed by atoms with Crippen LogP contribution in [0, 0.1) is 11.3 Å². The van der Waals surface area contributed by atoms with E-state index >= 15 is 0 Å². The molecule has 0 bridgehead atoms. The summed E-state index contributed by atoms with van der Waals surface area (Å²) < 4.78 is 10.7. The van der Waals surface area contributed by atoms with Crippen molar-refractivity contribution in [3.63, 3.8) is 0 Å². The molecule has 24 heavy (non-hydrogen) atoms. The summed E-state index contributed by atoms with van der Waals surface area (Å²) in [4.78, 5) is 16.4. The van der Waals surface area contributed by atoms with Gasteiger partial charge in [0.25, 0.3) is 0 Å². The number of nitriles is 1. The van der Waals surface area contributed by atoms with Gasteiger partial charge in [-0.3, -0.25) is 0 Å². The molecular weight excluding hydrogens is 330 g/mol. The molecule has 1 aliphatic heterocycles. The monoisotopic (exact) mass is 345 g/mol. The minimum atomic E-state index is -0.684. The standard InChI is InChI=1S/C17H16ClN3O3/c1-2-23-17(22)15-13(8-18)24-16(21-10-20)12(9-19)14(15)11-6-4-3-5-7-11/h3-7,10,14H,2,8H2,1H3,(H2,20,21)/t14-/m1/s1. The van der Waals surface area contributed by atoms with Gasteiger partial charge in [0, 0.05) is 0 Å². The number of benzene rings is 1. The highest BCUT2D eigenvalue weighted by Gasteiger charge is 2.37. The van der Waals surface area contributed by atoms with Crippen LogP contribution in [0.5, 0.6) is 0 Å². The maximum absolute atomic E-state index is 12.5. The van der Waals surface area contributed by atoms with E-state index in [9.17, 15) is 10.1 Å². The minimum Gasteiger partial charge on any atom is -0.463 e. The molecule has 1 heterocycles. The number of nitrogens with two attached hydrogens (primary N) is 1. The molecule has 0 radical (unpaired) electrons. The van der Waals surface area contributed by atoms with E-state index in [1.807, 2.05) is 30.3 Å². The number of aliphatic imine (C=N–C) groups is 1. The summed E-state index contributed by atoms with van der Waals surface area (Å²) in [5.41, 5.74) is 6.43. The number of esters is 1. The van der Waals surface area contributed by atoms with Crippen LogP contribution in [0.4, 0.5) is 0 Å². The number of nitrogens with zero attached hydrogens (tertiary/aromatic N) is 2. The Morgan fingerprint density at radius 2 is 2.21 bits per heavy atom. The number of carbonyl (C=O) groups excluding carboxylic acids is 1. The third-order valence-electron chi connectivity index (χ3n) is 3.39. The van der Waals surface area contributed by atoms with Crippen LogP contribution in [-0.4, -0.2) is 24.8 Å². The van der Waals surface area contributed by atoms with Gasteiger partial charge in [-0.05, 0) is 12.5 Å². The van der Waals surface area contributed by atoms with Gasteiger partial charge in [0.1, 0.15) is 17.4 Å². The van der Waals surface area contributed by atoms with E-state index in [1.54, 1.807) is 6.92 Å². The Bertz CT molecular complexity index is 748. The SMILES string of the molecule is CCOC(=O)C1=C(CCl)OC(N=CN)=C(C#N)[C@H]1c1ccccc1. The van der Waals surface area contributed by atoms with Crippen LogP contribution in [0.3, 0.4) is 0 Å². The molecule has 2 rings (SSSR count). The molecule has 0 unspecified atom stereocenters. The van der Waals surface area contributed by atoms with Crippen molar-refractivity contribution < 1.29 is 14.3 Å². The summed E-state index contributed by atoms with van der Waals surface area (Å²) in [7, 11) is 0. The first-order valence-corrected chi connectivity index (χ1v) is 7.78. The highest BCUT2D eigenvalue weighted by Crippen LogP contribution is 2.41. The predicted octanol–water partition coefficient (Wildman–Crippen LogP) is 2.58. The third kappa shape index (κ3) is 3.42. The molecule has 1 aliphatic rings. The number of halogens is 1. The predicted molar refractivity (Wildman–Crippen MR) is 90.0 cm³/mol. The van der Waals surface area contributed by atoms with Gasteiger partial charge in [-0.1, -0.05) is 30.3 Å². The van der Waals surface area contributed by atoms with Gasteiger partial charge in [0.05, 0.1) is 30.3 Å². The third-order valence-corrected chi connectivity index (χ3v) is 3.63. The summed E-state index contributed by atoms with van der Waals surface area (Å²) >= 11 is 5.95. The van der Waals surface area contributed by atoms with Crippen molar-refractivity contribution in [3.05, 3.63) is 58.7 Å². The van der Waals surface area contributed by atoms with E-state index in [-0.39, 0.29) is 35.3 Å². The molecule has 1 aromatic carbocycles. The summed E-state index contributed by atoms with van der Waals surface area (Å²) in [6, 6.07) is 11.1. The lowest BCUT2D eigenvalue weighted by atomic mass is 9.83. The Morgan fingerprint density at radius 1 is 1.50 bits per heavy atom. The number of hydrogen-bond donors (Lipinski definition) is 1. The van der Waals surface area contributed by atoms with Crippen LogP contribution in [0.2, 0.25) is 0 Å². The largest absolute Gasteiger partial charge is 0.463 e. The topological polar surface area (TPSA) is 97.7 Å². The second kappa shape index (κ2) is 8.18. The molecule has 1 aromatic rings. The van der Waals surface area contributed by atoms with Gasteiger partial charge in [-0.2, -0.15) is 5.26 Å². The fourth-order valence-electron chi connectivity index (χ4n) is 2.45. The van der Waals surface area contributed by atoms with E-state index in [1.165, 1.54) is 0 Å². The van der Waals surface area contributed by atoms with Crippen LogP contribution in [-0.2, 0) is 14.3 Å². The zero-order chi connectivity index (χ0) is 17.5. The molecule has 0 fully saturated rings. The fraction of sp³-hybridized carbons (Fsp3) is 0.235. The molecular formula is C17H16ClN3O3. The fourth-order valence-corrected chi connectivity index (χ4v) is 2.65. The number of hydrogen-bond acceptors (Lipinski definition) is 5. The molecule has 2 N–H and O–H groups in total. The van der Waals surface area contributed by atoms with Crippen LogP contribution < -0.4 is 5.73 Å². The summed E-state index contributed by atoms with van der Waals surface area (Å²) in [6.07, 6.45) is 1.02. The van der Waals surface area contributed by atoms with Crippen LogP contribution >= 0.6 is 11.6 Å². The molecule has 6 nitrogen and oxygen atoms in total. The first kappa shape index (κ1) is 17.6. The highest BCUT2D eigenvalue weighted by atomic mass is 35.5. The van der Waals surface area contributed by atoms with Crippen LogP contribution in [0.25, 0.3) is 0 Å². The molecule has 0 saturated carbocycles. The van der Waals surface area contributed by atoms with Crippen LogP contribution in [0.1, 0.15) is 18.4 Å². The number of ether oxygens (including phenoxy) is 2. The second-order valence-corrected chi connectivity index (χ2v) is 5.01. The van der Waals surface area contributed by atoms with E-state index < -0.39 is 11.9 Å². The zero-order valence-electron chi connectivity index (χ0n) is 13.0. The van der Waals surface area contributed by atoms with Crippen molar-refractivity contribution in [1.82, 2.24) is 0 Å². The van der Waals surface area contributed by atoms with Gasteiger partial charge in [-0.25, -0.2) is 9.79 Å². The summed E-state index contributed by atoms with van der Waals surface area (Å²) in [6.45, 7) is 1.89.